The van der Waals surface area contributed by atoms with Crippen molar-refractivity contribution in [2.75, 3.05) is 7.11 Å². The molecule has 0 aliphatic heterocycles. The molecule has 1 heterocycles. The Balaban J connectivity index is 1.85. The van der Waals surface area contributed by atoms with Gasteiger partial charge in [-0.2, -0.15) is 0 Å². The van der Waals surface area contributed by atoms with Gasteiger partial charge in [0.25, 0.3) is 0 Å². The molecule has 0 bridgehead atoms. The standard InChI is InChI=1S/C18H22N2O2/c1-22-18(21)16-10-6-5-9-15(16)13-20-12-11-19-17(20)14-7-3-2-4-8-14/h5-6,9-12,14H,2-4,7-8,13H2,1H3. The number of esters is 1. The van der Waals surface area contributed by atoms with Crippen molar-refractivity contribution in [3.8, 4) is 0 Å². The molecule has 0 N–H and O–H groups in total. The lowest BCUT2D eigenvalue weighted by Gasteiger charge is -2.22. The van der Waals surface area contributed by atoms with E-state index in [2.05, 4.69) is 9.55 Å². The molecule has 4 nitrogen and oxygen atoms in total. The van der Waals surface area contributed by atoms with Gasteiger partial charge in [0.15, 0.2) is 0 Å². The maximum atomic E-state index is 11.9. The molecule has 0 amide bonds. The maximum absolute atomic E-state index is 11.9. The summed E-state index contributed by atoms with van der Waals surface area (Å²) in [5.74, 6) is 1.42. The number of imidazole rings is 1. The van der Waals surface area contributed by atoms with Crippen molar-refractivity contribution in [2.24, 2.45) is 0 Å². The van der Waals surface area contributed by atoms with Crippen molar-refractivity contribution in [2.45, 2.75) is 44.6 Å². The van der Waals surface area contributed by atoms with Crippen molar-refractivity contribution < 1.29 is 9.53 Å². The summed E-state index contributed by atoms with van der Waals surface area (Å²) in [6, 6.07) is 7.62. The lowest BCUT2D eigenvalue weighted by Crippen LogP contribution is -2.14. The predicted octanol–water partition coefficient (Wildman–Crippen LogP) is 3.77. The van der Waals surface area contributed by atoms with Crippen LogP contribution in [0.1, 0.15) is 59.8 Å². The molecule has 22 heavy (non-hydrogen) atoms. The van der Waals surface area contributed by atoms with E-state index in [4.69, 9.17) is 4.74 Å². The minimum Gasteiger partial charge on any atom is -0.465 e. The summed E-state index contributed by atoms with van der Waals surface area (Å²) in [4.78, 5) is 16.5. The molecule has 1 aliphatic rings. The van der Waals surface area contributed by atoms with Crippen LogP contribution in [0.25, 0.3) is 0 Å². The average Bonchev–Trinajstić information content (AvgIpc) is 3.03. The van der Waals surface area contributed by atoms with Crippen LogP contribution >= 0.6 is 0 Å². The third-order valence-corrected chi connectivity index (χ3v) is 4.48. The van der Waals surface area contributed by atoms with Gasteiger partial charge in [0.2, 0.25) is 0 Å². The molecule has 1 aromatic carbocycles. The van der Waals surface area contributed by atoms with Crippen molar-refractivity contribution in [1.82, 2.24) is 9.55 Å². The Morgan fingerprint density at radius 3 is 2.82 bits per heavy atom. The SMILES string of the molecule is COC(=O)c1ccccc1Cn1ccnc1C1CCCCC1. The van der Waals surface area contributed by atoms with Gasteiger partial charge in [0.05, 0.1) is 12.7 Å². The average molecular weight is 298 g/mol. The molecule has 0 atom stereocenters. The lowest BCUT2D eigenvalue weighted by atomic mass is 9.88. The van der Waals surface area contributed by atoms with Crippen molar-refractivity contribution in [3.63, 3.8) is 0 Å². The minimum atomic E-state index is -0.282. The first-order chi connectivity index (χ1) is 10.8. The van der Waals surface area contributed by atoms with Gasteiger partial charge in [-0.25, -0.2) is 9.78 Å². The monoisotopic (exact) mass is 298 g/mol. The highest BCUT2D eigenvalue weighted by molar-refractivity contribution is 5.90. The van der Waals surface area contributed by atoms with Crippen LogP contribution in [-0.4, -0.2) is 22.6 Å². The zero-order valence-electron chi connectivity index (χ0n) is 13.0. The van der Waals surface area contributed by atoms with Gasteiger partial charge in [-0.05, 0) is 24.5 Å². The number of aromatic nitrogens is 2. The number of hydrogen-bond donors (Lipinski definition) is 0. The quantitative estimate of drug-likeness (QED) is 0.807. The normalized spacial score (nSPS) is 15.7. The van der Waals surface area contributed by atoms with E-state index in [1.54, 1.807) is 0 Å². The first-order valence-corrected chi connectivity index (χ1v) is 7.97. The summed E-state index contributed by atoms with van der Waals surface area (Å²) < 4.78 is 7.06. The summed E-state index contributed by atoms with van der Waals surface area (Å²) in [5, 5.41) is 0. The Morgan fingerprint density at radius 1 is 1.27 bits per heavy atom. The highest BCUT2D eigenvalue weighted by atomic mass is 16.5. The van der Waals surface area contributed by atoms with E-state index in [0.29, 0.717) is 18.0 Å². The molecule has 4 heteroatoms. The molecule has 1 aliphatic carbocycles. The molecule has 1 fully saturated rings. The maximum Gasteiger partial charge on any atom is 0.338 e. The Hall–Kier alpha value is -2.10. The summed E-state index contributed by atoms with van der Waals surface area (Å²) in [5.41, 5.74) is 1.61. The molecule has 3 rings (SSSR count). The Labute approximate surface area is 131 Å². The highest BCUT2D eigenvalue weighted by Crippen LogP contribution is 2.32. The number of carbonyl (C=O) groups excluding carboxylic acids is 1. The van der Waals surface area contributed by atoms with Crippen LogP contribution in [0, 0.1) is 0 Å². The first kappa shape index (κ1) is 14.8. The number of nitrogens with zero attached hydrogens (tertiary/aromatic N) is 2. The van der Waals surface area contributed by atoms with Crippen molar-refractivity contribution >= 4 is 5.97 Å². The van der Waals surface area contributed by atoms with Crippen LogP contribution in [0.15, 0.2) is 36.7 Å². The molecule has 2 aromatic rings. The zero-order valence-corrected chi connectivity index (χ0v) is 13.0. The molecule has 1 saturated carbocycles. The van der Waals surface area contributed by atoms with Crippen molar-refractivity contribution in [3.05, 3.63) is 53.6 Å². The Morgan fingerprint density at radius 2 is 2.05 bits per heavy atom. The van der Waals surface area contributed by atoms with E-state index < -0.39 is 0 Å². The number of ether oxygens (including phenoxy) is 1. The lowest BCUT2D eigenvalue weighted by molar-refractivity contribution is 0.0599. The molecule has 0 unspecified atom stereocenters. The van der Waals surface area contributed by atoms with Crippen LogP contribution < -0.4 is 0 Å². The smallest absolute Gasteiger partial charge is 0.338 e. The second kappa shape index (κ2) is 6.77. The van der Waals surface area contributed by atoms with Gasteiger partial charge in [-0.3, -0.25) is 0 Å². The fourth-order valence-corrected chi connectivity index (χ4v) is 3.33. The number of benzene rings is 1. The van der Waals surface area contributed by atoms with Crippen LogP contribution in [0.3, 0.4) is 0 Å². The van der Waals surface area contributed by atoms with Crippen LogP contribution in [-0.2, 0) is 11.3 Å². The van der Waals surface area contributed by atoms with Gasteiger partial charge in [-0.1, -0.05) is 37.5 Å². The van der Waals surface area contributed by atoms with Gasteiger partial charge >= 0.3 is 5.97 Å². The van der Waals surface area contributed by atoms with E-state index in [-0.39, 0.29) is 5.97 Å². The Kier molecular flexibility index (Phi) is 4.56. The predicted molar refractivity (Wildman–Crippen MR) is 84.9 cm³/mol. The van der Waals surface area contributed by atoms with Crippen LogP contribution in [0.5, 0.6) is 0 Å². The molecule has 1 aromatic heterocycles. The first-order valence-electron chi connectivity index (χ1n) is 7.97. The van der Waals surface area contributed by atoms with E-state index in [1.807, 2.05) is 36.7 Å². The fraction of sp³-hybridized carbons (Fsp3) is 0.444. The molecule has 0 saturated heterocycles. The van der Waals surface area contributed by atoms with E-state index in [9.17, 15) is 4.79 Å². The largest absolute Gasteiger partial charge is 0.465 e. The number of carbonyl (C=O) groups is 1. The number of methoxy groups -OCH3 is 1. The van der Waals surface area contributed by atoms with Gasteiger partial charge < -0.3 is 9.30 Å². The third kappa shape index (κ3) is 3.06. The van der Waals surface area contributed by atoms with Crippen LogP contribution in [0.4, 0.5) is 0 Å². The number of rotatable bonds is 4. The van der Waals surface area contributed by atoms with Crippen molar-refractivity contribution in [1.29, 1.82) is 0 Å². The highest BCUT2D eigenvalue weighted by Gasteiger charge is 2.20. The molecular weight excluding hydrogens is 276 g/mol. The topological polar surface area (TPSA) is 44.1 Å². The molecule has 116 valence electrons. The van der Waals surface area contributed by atoms with Crippen LogP contribution in [0.2, 0.25) is 0 Å². The van der Waals surface area contributed by atoms with E-state index >= 15 is 0 Å². The van der Waals surface area contributed by atoms with Gasteiger partial charge in [0.1, 0.15) is 5.82 Å². The number of hydrogen-bond acceptors (Lipinski definition) is 3. The Bertz CT molecular complexity index is 642. The van der Waals surface area contributed by atoms with Gasteiger partial charge in [0, 0.05) is 24.9 Å². The third-order valence-electron chi connectivity index (χ3n) is 4.48. The fourth-order valence-electron chi connectivity index (χ4n) is 3.33. The summed E-state index contributed by atoms with van der Waals surface area (Å²) in [7, 11) is 1.42. The molecule has 0 spiro atoms. The summed E-state index contributed by atoms with van der Waals surface area (Å²) >= 11 is 0. The summed E-state index contributed by atoms with van der Waals surface area (Å²) in [6.45, 7) is 0.664. The minimum absolute atomic E-state index is 0.282. The molecular formula is C18H22N2O2. The second-order valence-electron chi connectivity index (χ2n) is 5.90. The van der Waals surface area contributed by atoms with Gasteiger partial charge in [-0.15, -0.1) is 0 Å². The molecule has 0 radical (unpaired) electrons. The van der Waals surface area contributed by atoms with E-state index in [0.717, 1.165) is 11.4 Å². The summed E-state index contributed by atoms with van der Waals surface area (Å²) in [6.07, 6.45) is 10.2. The van der Waals surface area contributed by atoms with E-state index in [1.165, 1.54) is 39.2 Å². The zero-order chi connectivity index (χ0) is 15.4. The second-order valence-corrected chi connectivity index (χ2v) is 5.90.